The van der Waals surface area contributed by atoms with Gasteiger partial charge >= 0.3 is 0 Å². The molecule has 0 bridgehead atoms. The maximum Gasteiger partial charge on any atom is 0.138 e. The number of pyridine rings is 2. The average molecular weight is 279 g/mol. The fraction of sp³-hybridized carbons (Fsp3) is 0.167. The van der Waals surface area contributed by atoms with E-state index in [-0.39, 0.29) is 0 Å². The van der Waals surface area contributed by atoms with E-state index < -0.39 is 0 Å². The number of aryl methyl sites for hydroxylation is 1. The molecule has 0 N–H and O–H groups in total. The van der Waals surface area contributed by atoms with Crippen molar-refractivity contribution in [2.75, 3.05) is 0 Å². The molecule has 4 heteroatoms. The molecule has 0 amide bonds. The van der Waals surface area contributed by atoms with Gasteiger partial charge in [-0.3, -0.25) is 4.98 Å². The van der Waals surface area contributed by atoms with E-state index in [2.05, 4.69) is 32.0 Å². The highest BCUT2D eigenvalue weighted by molar-refractivity contribution is 9.10. The predicted molar refractivity (Wildman–Crippen MR) is 65.2 cm³/mol. The van der Waals surface area contributed by atoms with E-state index in [1.54, 1.807) is 12.4 Å². The summed E-state index contributed by atoms with van der Waals surface area (Å²) < 4.78 is 6.38. The lowest BCUT2D eigenvalue weighted by Crippen LogP contribution is -1.96. The molecule has 2 heterocycles. The summed E-state index contributed by atoms with van der Waals surface area (Å²) >= 11 is 3.27. The fourth-order valence-electron chi connectivity index (χ4n) is 1.31. The lowest BCUT2D eigenvalue weighted by Gasteiger charge is -2.05. The monoisotopic (exact) mass is 278 g/mol. The highest BCUT2D eigenvalue weighted by atomic mass is 79.9. The van der Waals surface area contributed by atoms with Crippen LogP contribution in [-0.4, -0.2) is 9.97 Å². The Hall–Kier alpha value is -1.42. The molecule has 0 aliphatic carbocycles. The third-order valence-electron chi connectivity index (χ3n) is 2.04. The lowest BCUT2D eigenvalue weighted by molar-refractivity contribution is 0.304. The zero-order valence-corrected chi connectivity index (χ0v) is 10.4. The molecule has 0 radical (unpaired) electrons. The molecule has 3 nitrogen and oxygen atoms in total. The molecular formula is C12H11BrN2O. The van der Waals surface area contributed by atoms with Crippen LogP contribution in [0.4, 0.5) is 0 Å². The molecule has 2 aromatic heterocycles. The third-order valence-corrected chi connectivity index (χ3v) is 2.51. The number of hydrogen-bond acceptors (Lipinski definition) is 3. The minimum atomic E-state index is 0.512. The van der Waals surface area contributed by atoms with Crippen molar-refractivity contribution in [2.45, 2.75) is 13.5 Å². The minimum Gasteiger partial charge on any atom is -0.487 e. The van der Waals surface area contributed by atoms with Crippen molar-refractivity contribution in [3.63, 3.8) is 0 Å². The molecule has 0 aliphatic heterocycles. The van der Waals surface area contributed by atoms with Crippen molar-refractivity contribution in [1.29, 1.82) is 0 Å². The van der Waals surface area contributed by atoms with Crippen LogP contribution in [0.5, 0.6) is 5.75 Å². The van der Waals surface area contributed by atoms with Gasteiger partial charge in [-0.1, -0.05) is 0 Å². The van der Waals surface area contributed by atoms with Gasteiger partial charge in [0.05, 0.1) is 6.20 Å². The maximum atomic E-state index is 5.58. The van der Waals surface area contributed by atoms with Crippen molar-refractivity contribution < 1.29 is 4.74 Å². The van der Waals surface area contributed by atoms with Gasteiger partial charge in [-0.25, -0.2) is 4.98 Å². The summed E-state index contributed by atoms with van der Waals surface area (Å²) in [5, 5.41) is 0. The number of aromatic nitrogens is 2. The average Bonchev–Trinajstić information content (AvgIpc) is 2.28. The molecule has 2 rings (SSSR count). The van der Waals surface area contributed by atoms with Crippen molar-refractivity contribution in [1.82, 2.24) is 9.97 Å². The molecule has 0 saturated carbocycles. The van der Waals surface area contributed by atoms with Gasteiger partial charge in [0.15, 0.2) is 0 Å². The zero-order chi connectivity index (χ0) is 11.4. The first-order chi connectivity index (χ1) is 7.74. The SMILES string of the molecule is Cc1cncc(COc2ccc(Br)nc2)c1. The molecule has 0 unspecified atom stereocenters. The predicted octanol–water partition coefficient (Wildman–Crippen LogP) is 3.13. The largest absolute Gasteiger partial charge is 0.487 e. The van der Waals surface area contributed by atoms with Gasteiger partial charge in [0.2, 0.25) is 0 Å². The zero-order valence-electron chi connectivity index (χ0n) is 8.85. The van der Waals surface area contributed by atoms with E-state index in [0.29, 0.717) is 6.61 Å². The van der Waals surface area contributed by atoms with Crippen LogP contribution in [0.2, 0.25) is 0 Å². The summed E-state index contributed by atoms with van der Waals surface area (Å²) in [7, 11) is 0. The van der Waals surface area contributed by atoms with Gasteiger partial charge in [-0.15, -0.1) is 0 Å². The van der Waals surface area contributed by atoms with Crippen molar-refractivity contribution in [2.24, 2.45) is 0 Å². The summed E-state index contributed by atoms with van der Waals surface area (Å²) in [5.41, 5.74) is 2.19. The standard InChI is InChI=1S/C12H11BrN2O/c1-9-4-10(6-14-5-9)8-16-11-2-3-12(13)15-7-11/h2-7H,8H2,1H3. The topological polar surface area (TPSA) is 35.0 Å². The molecule has 0 aliphatic rings. The smallest absolute Gasteiger partial charge is 0.138 e. The van der Waals surface area contributed by atoms with Gasteiger partial charge in [0.1, 0.15) is 17.0 Å². The quantitative estimate of drug-likeness (QED) is 0.810. The van der Waals surface area contributed by atoms with Gasteiger partial charge in [0, 0.05) is 18.0 Å². The summed E-state index contributed by atoms with van der Waals surface area (Å²) in [5.74, 6) is 0.754. The van der Waals surface area contributed by atoms with Gasteiger partial charge in [-0.05, 0) is 46.6 Å². The number of nitrogens with zero attached hydrogens (tertiary/aromatic N) is 2. The fourth-order valence-corrected chi connectivity index (χ4v) is 1.55. The highest BCUT2D eigenvalue weighted by Crippen LogP contribution is 2.14. The van der Waals surface area contributed by atoms with Crippen LogP contribution in [0.25, 0.3) is 0 Å². The number of rotatable bonds is 3. The van der Waals surface area contributed by atoms with Crippen LogP contribution in [0.1, 0.15) is 11.1 Å². The van der Waals surface area contributed by atoms with E-state index in [9.17, 15) is 0 Å². The Morgan fingerprint density at radius 1 is 1.25 bits per heavy atom. The van der Waals surface area contributed by atoms with E-state index in [4.69, 9.17) is 4.74 Å². The van der Waals surface area contributed by atoms with Crippen LogP contribution < -0.4 is 4.74 Å². The molecule has 82 valence electrons. The maximum absolute atomic E-state index is 5.58. The number of halogens is 1. The molecule has 0 fully saturated rings. The normalized spacial score (nSPS) is 10.1. The van der Waals surface area contributed by atoms with Crippen LogP contribution in [0, 0.1) is 6.92 Å². The first-order valence-corrected chi connectivity index (χ1v) is 5.68. The first-order valence-electron chi connectivity index (χ1n) is 4.89. The highest BCUT2D eigenvalue weighted by Gasteiger charge is 1.97. The van der Waals surface area contributed by atoms with Crippen LogP contribution in [-0.2, 0) is 6.61 Å². The van der Waals surface area contributed by atoms with Crippen LogP contribution in [0.15, 0.2) is 41.4 Å². The third kappa shape index (κ3) is 3.03. The van der Waals surface area contributed by atoms with Gasteiger partial charge in [-0.2, -0.15) is 0 Å². The Kier molecular flexibility index (Phi) is 3.51. The summed E-state index contributed by atoms with van der Waals surface area (Å²) in [4.78, 5) is 8.19. The van der Waals surface area contributed by atoms with Gasteiger partial charge < -0.3 is 4.74 Å². The molecule has 16 heavy (non-hydrogen) atoms. The molecule has 2 aromatic rings. The van der Waals surface area contributed by atoms with Crippen LogP contribution >= 0.6 is 15.9 Å². The second kappa shape index (κ2) is 5.07. The second-order valence-corrected chi connectivity index (χ2v) is 4.29. The number of ether oxygens (including phenoxy) is 1. The van der Waals surface area contributed by atoms with Crippen LogP contribution in [0.3, 0.4) is 0 Å². The molecule has 0 spiro atoms. The molecule has 0 saturated heterocycles. The lowest BCUT2D eigenvalue weighted by atomic mass is 10.2. The van der Waals surface area contributed by atoms with E-state index >= 15 is 0 Å². The van der Waals surface area contributed by atoms with E-state index in [1.807, 2.05) is 25.3 Å². The Bertz CT molecular complexity index is 471. The molecular weight excluding hydrogens is 268 g/mol. The number of hydrogen-bond donors (Lipinski definition) is 0. The minimum absolute atomic E-state index is 0.512. The van der Waals surface area contributed by atoms with E-state index in [1.165, 1.54) is 0 Å². The Labute approximate surface area is 103 Å². The van der Waals surface area contributed by atoms with Crippen molar-refractivity contribution >= 4 is 15.9 Å². The van der Waals surface area contributed by atoms with E-state index in [0.717, 1.165) is 21.5 Å². The summed E-state index contributed by atoms with van der Waals surface area (Å²) in [6.07, 6.45) is 5.32. The van der Waals surface area contributed by atoms with Gasteiger partial charge in [0.25, 0.3) is 0 Å². The first kappa shape index (κ1) is 11.1. The molecule has 0 atom stereocenters. The summed E-state index contributed by atoms with van der Waals surface area (Å²) in [6.45, 7) is 2.52. The second-order valence-electron chi connectivity index (χ2n) is 3.48. The molecule has 0 aromatic carbocycles. The van der Waals surface area contributed by atoms with Crippen molar-refractivity contribution in [3.8, 4) is 5.75 Å². The van der Waals surface area contributed by atoms with Crippen molar-refractivity contribution in [3.05, 3.63) is 52.5 Å². The Morgan fingerprint density at radius 3 is 2.81 bits per heavy atom. The summed E-state index contributed by atoms with van der Waals surface area (Å²) in [6, 6.07) is 5.78. The Morgan fingerprint density at radius 2 is 2.12 bits per heavy atom. The Balaban J connectivity index is 1.99.